The van der Waals surface area contributed by atoms with Crippen LogP contribution < -0.4 is 0 Å². The molecule has 1 N–H and O–H groups in total. The molecule has 0 radical (unpaired) electrons. The Kier molecular flexibility index (Phi) is 6.85. The fraction of sp³-hybridized carbons (Fsp3) is 0.650. The third-order valence-corrected chi connectivity index (χ3v) is 8.34. The number of rotatable bonds is 4. The van der Waals surface area contributed by atoms with E-state index < -0.39 is 27.6 Å². The highest BCUT2D eigenvalue weighted by molar-refractivity contribution is 7.90. The quantitative estimate of drug-likeness (QED) is 0.713. The van der Waals surface area contributed by atoms with E-state index in [1.807, 2.05) is 30.0 Å². The van der Waals surface area contributed by atoms with Crippen molar-refractivity contribution in [2.75, 3.05) is 19.6 Å². The molecule has 1 amide bonds. The standard InChI is InChI=1S/C18H25N3O3S.C2HF3O2/c1-14-4-2-5-15(19-14)12-20-11-9-18(17(20)22)8-3-10-21(13-18)25(23,24)16-6-7-16;3-2(4,5)1(6)7/h2,4-5,16H,3,6-13H2,1H3;(H,6,7). The Morgan fingerprint density at radius 3 is 2.47 bits per heavy atom. The highest BCUT2D eigenvalue weighted by Gasteiger charge is 2.52. The molecule has 178 valence electrons. The van der Waals surface area contributed by atoms with E-state index in [2.05, 4.69) is 4.98 Å². The number of alkyl halides is 3. The molecule has 3 aliphatic rings. The number of aromatic nitrogens is 1. The van der Waals surface area contributed by atoms with Gasteiger partial charge in [0.15, 0.2) is 0 Å². The number of carboxylic acid groups (broad SMARTS) is 1. The van der Waals surface area contributed by atoms with E-state index in [1.54, 1.807) is 4.31 Å². The summed E-state index contributed by atoms with van der Waals surface area (Å²) in [6.07, 6.45) is -1.24. The van der Waals surface area contributed by atoms with E-state index in [9.17, 15) is 26.4 Å². The molecule has 3 fully saturated rings. The number of pyridine rings is 1. The number of amides is 1. The van der Waals surface area contributed by atoms with Gasteiger partial charge in [-0.2, -0.15) is 13.2 Å². The van der Waals surface area contributed by atoms with Gasteiger partial charge in [0.2, 0.25) is 15.9 Å². The average molecular weight is 478 g/mol. The van der Waals surface area contributed by atoms with Gasteiger partial charge in [-0.25, -0.2) is 17.5 Å². The zero-order valence-corrected chi connectivity index (χ0v) is 18.5. The van der Waals surface area contributed by atoms with Crippen LogP contribution in [-0.2, 0) is 26.2 Å². The summed E-state index contributed by atoms with van der Waals surface area (Å²) >= 11 is 0. The molecule has 1 aromatic heterocycles. The Morgan fingerprint density at radius 1 is 1.25 bits per heavy atom. The molecule has 1 aliphatic carbocycles. The second kappa shape index (κ2) is 8.97. The molecule has 1 spiro atoms. The van der Waals surface area contributed by atoms with Gasteiger partial charge in [-0.1, -0.05) is 6.07 Å². The monoisotopic (exact) mass is 477 g/mol. The maximum absolute atomic E-state index is 13.1. The molecular formula is C20H26F3N3O5S. The number of piperidine rings is 1. The molecule has 2 aliphatic heterocycles. The SMILES string of the molecule is Cc1cccc(CN2CCC3(CCCN(S(=O)(=O)C4CC4)C3)C2=O)n1.O=C(O)C(F)(F)F. The number of aryl methyl sites for hydroxylation is 1. The van der Waals surface area contributed by atoms with Crippen molar-refractivity contribution in [3.05, 3.63) is 29.6 Å². The van der Waals surface area contributed by atoms with Gasteiger partial charge in [0.1, 0.15) is 0 Å². The smallest absolute Gasteiger partial charge is 0.475 e. The molecular weight excluding hydrogens is 451 g/mol. The van der Waals surface area contributed by atoms with Crippen molar-refractivity contribution in [2.24, 2.45) is 5.41 Å². The van der Waals surface area contributed by atoms with Crippen LogP contribution in [0, 0.1) is 12.3 Å². The molecule has 4 rings (SSSR count). The lowest BCUT2D eigenvalue weighted by molar-refractivity contribution is -0.192. The molecule has 32 heavy (non-hydrogen) atoms. The Morgan fingerprint density at radius 2 is 1.91 bits per heavy atom. The van der Waals surface area contributed by atoms with Crippen LogP contribution in [0.25, 0.3) is 0 Å². The van der Waals surface area contributed by atoms with E-state index in [0.717, 1.165) is 43.5 Å². The highest BCUT2D eigenvalue weighted by Crippen LogP contribution is 2.43. The third kappa shape index (κ3) is 5.40. The predicted molar refractivity (Wildman–Crippen MR) is 108 cm³/mol. The van der Waals surface area contributed by atoms with Gasteiger partial charge in [0, 0.05) is 25.3 Å². The molecule has 8 nitrogen and oxygen atoms in total. The Hall–Kier alpha value is -2.21. The molecule has 1 aromatic rings. The van der Waals surface area contributed by atoms with Crippen LogP contribution >= 0.6 is 0 Å². The van der Waals surface area contributed by atoms with Crippen LogP contribution in [0.15, 0.2) is 18.2 Å². The number of carbonyl (C=O) groups is 2. The molecule has 1 atom stereocenters. The first-order chi connectivity index (χ1) is 14.8. The molecule has 3 heterocycles. The van der Waals surface area contributed by atoms with Crippen molar-refractivity contribution >= 4 is 21.9 Å². The molecule has 1 saturated carbocycles. The van der Waals surface area contributed by atoms with Crippen molar-refractivity contribution in [2.45, 2.75) is 57.0 Å². The minimum atomic E-state index is -5.08. The van der Waals surface area contributed by atoms with Crippen molar-refractivity contribution in [3.63, 3.8) is 0 Å². The fourth-order valence-electron chi connectivity index (χ4n) is 4.19. The summed E-state index contributed by atoms with van der Waals surface area (Å²) < 4.78 is 58.5. The summed E-state index contributed by atoms with van der Waals surface area (Å²) in [4.78, 5) is 28.3. The summed E-state index contributed by atoms with van der Waals surface area (Å²) in [5, 5.41) is 6.92. The van der Waals surface area contributed by atoms with Crippen LogP contribution in [-0.4, -0.2) is 70.7 Å². The van der Waals surface area contributed by atoms with E-state index in [1.165, 1.54) is 0 Å². The Bertz CT molecular complexity index is 981. The van der Waals surface area contributed by atoms with E-state index in [-0.39, 0.29) is 11.2 Å². The van der Waals surface area contributed by atoms with E-state index in [0.29, 0.717) is 26.2 Å². The first kappa shape index (κ1) is 24.4. The van der Waals surface area contributed by atoms with Gasteiger partial charge >= 0.3 is 12.1 Å². The number of carboxylic acids is 1. The number of hydrogen-bond donors (Lipinski definition) is 1. The minimum Gasteiger partial charge on any atom is -0.475 e. The zero-order valence-electron chi connectivity index (χ0n) is 17.6. The first-order valence-corrected chi connectivity index (χ1v) is 11.9. The summed E-state index contributed by atoms with van der Waals surface area (Å²) in [5.74, 6) is -2.65. The number of aliphatic carboxylic acids is 1. The second-order valence-corrected chi connectivity index (χ2v) is 10.7. The van der Waals surface area contributed by atoms with Gasteiger partial charge < -0.3 is 10.0 Å². The largest absolute Gasteiger partial charge is 0.490 e. The first-order valence-electron chi connectivity index (χ1n) is 10.4. The van der Waals surface area contributed by atoms with Crippen LogP contribution in [0.3, 0.4) is 0 Å². The summed E-state index contributed by atoms with van der Waals surface area (Å²) in [5.41, 5.74) is 1.31. The van der Waals surface area contributed by atoms with E-state index >= 15 is 0 Å². The van der Waals surface area contributed by atoms with E-state index in [4.69, 9.17) is 9.90 Å². The fourth-order valence-corrected chi connectivity index (χ4v) is 6.15. The lowest BCUT2D eigenvalue weighted by Gasteiger charge is -2.38. The van der Waals surface area contributed by atoms with Crippen LogP contribution in [0.4, 0.5) is 13.2 Å². The van der Waals surface area contributed by atoms with Gasteiger partial charge in [-0.3, -0.25) is 9.78 Å². The summed E-state index contributed by atoms with van der Waals surface area (Å²) in [7, 11) is -3.21. The predicted octanol–water partition coefficient (Wildman–Crippen LogP) is 2.33. The van der Waals surface area contributed by atoms with Crippen molar-refractivity contribution < 1.29 is 36.3 Å². The molecule has 0 bridgehead atoms. The Labute approximate surface area is 184 Å². The molecule has 0 aromatic carbocycles. The van der Waals surface area contributed by atoms with Crippen molar-refractivity contribution in [1.82, 2.24) is 14.2 Å². The normalized spacial score (nSPS) is 24.4. The summed E-state index contributed by atoms with van der Waals surface area (Å²) in [6, 6.07) is 5.84. The number of nitrogens with zero attached hydrogens (tertiary/aromatic N) is 3. The maximum atomic E-state index is 13.1. The van der Waals surface area contributed by atoms with Crippen LogP contribution in [0.1, 0.15) is 43.5 Å². The highest BCUT2D eigenvalue weighted by atomic mass is 32.2. The topological polar surface area (TPSA) is 108 Å². The van der Waals surface area contributed by atoms with Crippen LogP contribution in [0.5, 0.6) is 0 Å². The van der Waals surface area contributed by atoms with Gasteiger partial charge in [-0.05, 0) is 51.2 Å². The Balaban J connectivity index is 0.000000360. The lowest BCUT2D eigenvalue weighted by atomic mass is 9.79. The zero-order chi connectivity index (χ0) is 23.7. The molecule has 1 unspecified atom stereocenters. The van der Waals surface area contributed by atoms with Crippen LogP contribution in [0.2, 0.25) is 0 Å². The molecule has 2 saturated heterocycles. The van der Waals surface area contributed by atoms with Gasteiger partial charge in [-0.15, -0.1) is 0 Å². The number of sulfonamides is 1. The average Bonchev–Trinajstić information content (AvgIpc) is 3.53. The third-order valence-electron chi connectivity index (χ3n) is 5.99. The molecule has 12 heteroatoms. The van der Waals surface area contributed by atoms with Gasteiger partial charge in [0.05, 0.1) is 22.9 Å². The number of carbonyl (C=O) groups excluding carboxylic acids is 1. The number of halogens is 3. The minimum absolute atomic E-state index is 0.103. The number of likely N-dealkylation sites (tertiary alicyclic amines) is 1. The summed E-state index contributed by atoms with van der Waals surface area (Å²) in [6.45, 7) is 4.07. The van der Waals surface area contributed by atoms with Crippen molar-refractivity contribution in [1.29, 1.82) is 0 Å². The lowest BCUT2D eigenvalue weighted by Crippen LogP contribution is -2.50. The maximum Gasteiger partial charge on any atom is 0.490 e. The van der Waals surface area contributed by atoms with Gasteiger partial charge in [0.25, 0.3) is 0 Å². The number of hydrogen-bond acceptors (Lipinski definition) is 5. The van der Waals surface area contributed by atoms with Crippen molar-refractivity contribution in [3.8, 4) is 0 Å². The second-order valence-electron chi connectivity index (χ2n) is 8.51.